The van der Waals surface area contributed by atoms with Crippen molar-refractivity contribution in [2.75, 3.05) is 6.61 Å². The SMILES string of the molecule is CCCCOP(=O)(O)O. The number of hydrogen-bond acceptors (Lipinski definition) is 2. The molecule has 0 aromatic rings. The molecular weight excluding hydrogens is 143 g/mol. The number of hydrogen-bond donors (Lipinski definition) is 2. The largest absolute Gasteiger partial charge is 0.469 e. The van der Waals surface area contributed by atoms with Crippen LogP contribution in [0.4, 0.5) is 0 Å². The summed E-state index contributed by atoms with van der Waals surface area (Å²) in [5.41, 5.74) is 0. The molecular formula is C4H11O4P. The molecule has 56 valence electrons. The molecule has 0 aliphatic carbocycles. The Morgan fingerprint density at radius 2 is 2.11 bits per heavy atom. The predicted octanol–water partition coefficient (Wildman–Crippen LogP) is 0.896. The van der Waals surface area contributed by atoms with Gasteiger partial charge in [-0.05, 0) is 6.42 Å². The van der Waals surface area contributed by atoms with Crippen LogP contribution < -0.4 is 0 Å². The summed E-state index contributed by atoms with van der Waals surface area (Å²) >= 11 is 0. The maximum Gasteiger partial charge on any atom is 0.469 e. The Morgan fingerprint density at radius 3 is 2.44 bits per heavy atom. The van der Waals surface area contributed by atoms with Crippen LogP contribution in [0.15, 0.2) is 0 Å². The smallest absolute Gasteiger partial charge is 0.303 e. The first-order valence-electron chi connectivity index (χ1n) is 2.76. The Kier molecular flexibility index (Phi) is 4.06. The Morgan fingerprint density at radius 1 is 1.56 bits per heavy atom. The van der Waals surface area contributed by atoms with Crippen LogP contribution in [-0.4, -0.2) is 16.4 Å². The highest BCUT2D eigenvalue weighted by Crippen LogP contribution is 2.35. The highest BCUT2D eigenvalue weighted by Gasteiger charge is 2.11. The Labute approximate surface area is 54.1 Å². The first-order valence-corrected chi connectivity index (χ1v) is 4.29. The lowest BCUT2D eigenvalue weighted by Gasteiger charge is -2.02. The average molecular weight is 154 g/mol. The van der Waals surface area contributed by atoms with Crippen LogP contribution in [0.25, 0.3) is 0 Å². The van der Waals surface area contributed by atoms with Crippen LogP contribution in [-0.2, 0) is 9.09 Å². The van der Waals surface area contributed by atoms with Gasteiger partial charge in [0.1, 0.15) is 0 Å². The third-order valence-electron chi connectivity index (χ3n) is 0.757. The minimum Gasteiger partial charge on any atom is -0.303 e. The van der Waals surface area contributed by atoms with Crippen LogP contribution in [0, 0.1) is 0 Å². The van der Waals surface area contributed by atoms with Gasteiger partial charge in [0.05, 0.1) is 6.61 Å². The van der Waals surface area contributed by atoms with Crippen molar-refractivity contribution in [3.63, 3.8) is 0 Å². The van der Waals surface area contributed by atoms with Crippen molar-refractivity contribution < 1.29 is 18.9 Å². The molecule has 0 rings (SSSR count). The molecule has 5 heteroatoms. The first kappa shape index (κ1) is 9.11. The second-order valence-corrected chi connectivity index (χ2v) is 2.92. The third-order valence-corrected chi connectivity index (χ3v) is 1.28. The van der Waals surface area contributed by atoms with Gasteiger partial charge in [-0.15, -0.1) is 0 Å². The predicted molar refractivity (Wildman–Crippen MR) is 32.9 cm³/mol. The molecule has 0 fully saturated rings. The lowest BCUT2D eigenvalue weighted by atomic mass is 10.4. The van der Waals surface area contributed by atoms with Crippen molar-refractivity contribution >= 4 is 7.82 Å². The Balaban J connectivity index is 3.18. The Hall–Kier alpha value is 0.110. The van der Waals surface area contributed by atoms with Gasteiger partial charge < -0.3 is 9.79 Å². The van der Waals surface area contributed by atoms with Gasteiger partial charge in [-0.1, -0.05) is 13.3 Å². The van der Waals surface area contributed by atoms with Crippen LogP contribution >= 0.6 is 7.82 Å². The molecule has 0 saturated carbocycles. The van der Waals surface area contributed by atoms with Crippen LogP contribution in [0.3, 0.4) is 0 Å². The van der Waals surface area contributed by atoms with Gasteiger partial charge >= 0.3 is 7.82 Å². The molecule has 0 saturated heterocycles. The van der Waals surface area contributed by atoms with E-state index < -0.39 is 7.82 Å². The van der Waals surface area contributed by atoms with Crippen molar-refractivity contribution in [3.8, 4) is 0 Å². The monoisotopic (exact) mass is 154 g/mol. The van der Waals surface area contributed by atoms with E-state index in [-0.39, 0.29) is 6.61 Å². The maximum absolute atomic E-state index is 9.98. The van der Waals surface area contributed by atoms with Crippen LogP contribution in [0.5, 0.6) is 0 Å². The molecule has 0 atom stereocenters. The van der Waals surface area contributed by atoms with E-state index in [4.69, 9.17) is 9.79 Å². The standard InChI is InChI=1S/C4H11O4P/c1-2-3-4-8-9(5,6)7/h2-4H2,1H3,(H2,5,6,7). The zero-order chi connectivity index (χ0) is 7.33. The Bertz CT molecular complexity index is 107. The lowest BCUT2D eigenvalue weighted by molar-refractivity contribution is 0.194. The van der Waals surface area contributed by atoms with E-state index in [0.717, 1.165) is 6.42 Å². The number of phosphoric acid groups is 1. The number of rotatable bonds is 4. The van der Waals surface area contributed by atoms with Gasteiger partial charge in [-0.2, -0.15) is 0 Å². The minimum atomic E-state index is -4.20. The molecule has 0 bridgehead atoms. The van der Waals surface area contributed by atoms with Gasteiger partial charge in [-0.25, -0.2) is 4.57 Å². The molecule has 0 aliphatic heterocycles. The fourth-order valence-electron chi connectivity index (χ4n) is 0.328. The number of phosphoric ester groups is 1. The summed E-state index contributed by atoms with van der Waals surface area (Å²) in [7, 11) is -4.20. The zero-order valence-corrected chi connectivity index (χ0v) is 6.17. The van der Waals surface area contributed by atoms with Gasteiger partial charge in [0.15, 0.2) is 0 Å². The summed E-state index contributed by atoms with van der Waals surface area (Å²) in [6.07, 6.45) is 1.56. The van der Waals surface area contributed by atoms with Crippen molar-refractivity contribution in [2.24, 2.45) is 0 Å². The van der Waals surface area contributed by atoms with E-state index in [1.807, 2.05) is 6.92 Å². The van der Waals surface area contributed by atoms with Gasteiger partial charge in [0, 0.05) is 0 Å². The quantitative estimate of drug-likeness (QED) is 0.466. The van der Waals surface area contributed by atoms with E-state index in [0.29, 0.717) is 6.42 Å². The van der Waals surface area contributed by atoms with E-state index in [9.17, 15) is 4.57 Å². The van der Waals surface area contributed by atoms with Crippen molar-refractivity contribution in [2.45, 2.75) is 19.8 Å². The van der Waals surface area contributed by atoms with Crippen molar-refractivity contribution in [1.82, 2.24) is 0 Å². The minimum absolute atomic E-state index is 0.140. The summed E-state index contributed by atoms with van der Waals surface area (Å²) in [5, 5.41) is 0. The van der Waals surface area contributed by atoms with Crippen molar-refractivity contribution in [3.05, 3.63) is 0 Å². The molecule has 0 aliphatic rings. The van der Waals surface area contributed by atoms with E-state index >= 15 is 0 Å². The third kappa shape index (κ3) is 8.11. The second-order valence-electron chi connectivity index (χ2n) is 1.68. The molecule has 0 aromatic carbocycles. The van der Waals surface area contributed by atoms with Gasteiger partial charge in [0.25, 0.3) is 0 Å². The summed E-state index contributed by atoms with van der Waals surface area (Å²) in [4.78, 5) is 16.3. The number of unbranched alkanes of at least 4 members (excludes halogenated alkanes) is 1. The van der Waals surface area contributed by atoms with E-state index in [1.54, 1.807) is 0 Å². The zero-order valence-electron chi connectivity index (χ0n) is 5.28. The van der Waals surface area contributed by atoms with E-state index in [2.05, 4.69) is 4.52 Å². The fourth-order valence-corrected chi connectivity index (χ4v) is 0.695. The lowest BCUT2D eigenvalue weighted by Crippen LogP contribution is -1.90. The molecule has 0 heterocycles. The summed E-state index contributed by atoms with van der Waals surface area (Å²) in [6, 6.07) is 0. The fraction of sp³-hybridized carbons (Fsp3) is 1.00. The van der Waals surface area contributed by atoms with Gasteiger partial charge in [0.2, 0.25) is 0 Å². The van der Waals surface area contributed by atoms with E-state index in [1.165, 1.54) is 0 Å². The molecule has 4 nitrogen and oxygen atoms in total. The molecule has 0 radical (unpaired) electrons. The van der Waals surface area contributed by atoms with Gasteiger partial charge in [-0.3, -0.25) is 4.52 Å². The van der Waals surface area contributed by atoms with Crippen molar-refractivity contribution in [1.29, 1.82) is 0 Å². The molecule has 9 heavy (non-hydrogen) atoms. The highest BCUT2D eigenvalue weighted by atomic mass is 31.2. The molecule has 0 amide bonds. The molecule has 0 aromatic heterocycles. The maximum atomic E-state index is 9.98. The van der Waals surface area contributed by atoms with Crippen LogP contribution in [0.2, 0.25) is 0 Å². The average Bonchev–Trinajstić information content (AvgIpc) is 1.63. The highest BCUT2D eigenvalue weighted by molar-refractivity contribution is 7.46. The molecule has 0 spiro atoms. The summed E-state index contributed by atoms with van der Waals surface area (Å²) in [6.45, 7) is 2.06. The normalized spacial score (nSPS) is 11.9. The first-order chi connectivity index (χ1) is 4.06. The topological polar surface area (TPSA) is 66.8 Å². The summed E-state index contributed by atoms with van der Waals surface area (Å²) in [5.74, 6) is 0. The summed E-state index contributed by atoms with van der Waals surface area (Å²) < 4.78 is 14.1. The molecule has 2 N–H and O–H groups in total. The second kappa shape index (κ2) is 4.01. The van der Waals surface area contributed by atoms with Crippen LogP contribution in [0.1, 0.15) is 19.8 Å². The molecule has 0 unspecified atom stereocenters.